The second kappa shape index (κ2) is 7.54. The summed E-state index contributed by atoms with van der Waals surface area (Å²) in [7, 11) is 1.80. The number of amides is 1. The fourth-order valence-electron chi connectivity index (χ4n) is 3.40. The van der Waals surface area contributed by atoms with Gasteiger partial charge in [0.25, 0.3) is 5.91 Å². The van der Waals surface area contributed by atoms with Crippen LogP contribution in [0.1, 0.15) is 55.0 Å². The maximum absolute atomic E-state index is 12.7. The van der Waals surface area contributed by atoms with Gasteiger partial charge in [-0.1, -0.05) is 51.1 Å². The molecule has 0 bridgehead atoms. The van der Waals surface area contributed by atoms with E-state index in [2.05, 4.69) is 36.1 Å². The summed E-state index contributed by atoms with van der Waals surface area (Å²) < 4.78 is 0. The van der Waals surface area contributed by atoms with E-state index in [9.17, 15) is 4.79 Å². The lowest BCUT2D eigenvalue weighted by atomic mass is 9.79. The standard InChI is InChI=1S/C21H28N4O/c1-21(2,3)16-10-17(23-11-16)18-12-22-13-19(24-18)20(26)25(4)14-15-8-6-5-7-9-15/h5-9,12-13,16-17,23H,10-11,14H2,1-4H3/t16-,17?/m0/s1. The molecule has 1 aliphatic rings. The van der Waals surface area contributed by atoms with Crippen molar-refractivity contribution in [2.24, 2.45) is 11.3 Å². The van der Waals surface area contributed by atoms with Crippen molar-refractivity contribution in [3.63, 3.8) is 0 Å². The molecule has 1 unspecified atom stereocenters. The molecule has 1 N–H and O–H groups in total. The summed E-state index contributed by atoms with van der Waals surface area (Å²) in [6, 6.07) is 10.1. The van der Waals surface area contributed by atoms with Gasteiger partial charge in [-0.05, 0) is 29.9 Å². The summed E-state index contributed by atoms with van der Waals surface area (Å²) in [4.78, 5) is 23.3. The molecule has 3 rings (SSSR count). The molecule has 2 heterocycles. The summed E-state index contributed by atoms with van der Waals surface area (Å²) in [6.07, 6.45) is 4.36. The van der Waals surface area contributed by atoms with Gasteiger partial charge >= 0.3 is 0 Å². The maximum atomic E-state index is 12.7. The molecule has 26 heavy (non-hydrogen) atoms. The monoisotopic (exact) mass is 352 g/mol. The third-order valence-corrected chi connectivity index (χ3v) is 5.19. The van der Waals surface area contributed by atoms with Crippen molar-refractivity contribution in [1.82, 2.24) is 20.2 Å². The van der Waals surface area contributed by atoms with Crippen LogP contribution in [-0.4, -0.2) is 34.4 Å². The van der Waals surface area contributed by atoms with Crippen LogP contribution < -0.4 is 5.32 Å². The number of carbonyl (C=O) groups excluding carboxylic acids is 1. The van der Waals surface area contributed by atoms with E-state index in [0.717, 1.165) is 24.2 Å². The zero-order valence-corrected chi connectivity index (χ0v) is 16.1. The smallest absolute Gasteiger partial charge is 0.274 e. The van der Waals surface area contributed by atoms with Crippen molar-refractivity contribution in [3.05, 3.63) is 59.7 Å². The number of benzene rings is 1. The normalized spacial score (nSPS) is 20.2. The first-order chi connectivity index (χ1) is 12.3. The summed E-state index contributed by atoms with van der Waals surface area (Å²) in [5.41, 5.74) is 2.62. The Labute approximate surface area is 155 Å². The summed E-state index contributed by atoms with van der Waals surface area (Å²) >= 11 is 0. The summed E-state index contributed by atoms with van der Waals surface area (Å²) in [6.45, 7) is 8.34. The third-order valence-electron chi connectivity index (χ3n) is 5.19. The molecule has 0 aliphatic carbocycles. The van der Waals surface area contributed by atoms with Crippen LogP contribution in [0.3, 0.4) is 0 Å². The third kappa shape index (κ3) is 4.28. The van der Waals surface area contributed by atoms with Gasteiger partial charge in [0, 0.05) is 13.6 Å². The Morgan fingerprint density at radius 3 is 2.62 bits per heavy atom. The van der Waals surface area contributed by atoms with Gasteiger partial charge in [0.05, 0.1) is 24.1 Å². The fourth-order valence-corrected chi connectivity index (χ4v) is 3.40. The van der Waals surface area contributed by atoms with Gasteiger partial charge in [-0.3, -0.25) is 9.78 Å². The van der Waals surface area contributed by atoms with Crippen LogP contribution in [0.5, 0.6) is 0 Å². The lowest BCUT2D eigenvalue weighted by Crippen LogP contribution is -2.28. The van der Waals surface area contributed by atoms with Crippen molar-refractivity contribution < 1.29 is 4.79 Å². The highest BCUT2D eigenvalue weighted by atomic mass is 16.2. The number of nitrogens with zero attached hydrogens (tertiary/aromatic N) is 3. The molecule has 0 saturated carbocycles. The van der Waals surface area contributed by atoms with E-state index in [1.807, 2.05) is 30.3 Å². The van der Waals surface area contributed by atoms with Crippen molar-refractivity contribution in [3.8, 4) is 0 Å². The quantitative estimate of drug-likeness (QED) is 0.916. The Hall–Kier alpha value is -2.27. The van der Waals surface area contributed by atoms with Crippen molar-refractivity contribution in [2.75, 3.05) is 13.6 Å². The Kier molecular flexibility index (Phi) is 5.37. The van der Waals surface area contributed by atoms with E-state index in [1.165, 1.54) is 0 Å². The van der Waals surface area contributed by atoms with Gasteiger partial charge in [0.2, 0.25) is 0 Å². The number of aromatic nitrogens is 2. The lowest BCUT2D eigenvalue weighted by Gasteiger charge is -2.26. The first-order valence-electron chi connectivity index (χ1n) is 9.19. The molecule has 1 aliphatic heterocycles. The van der Waals surface area contributed by atoms with Crippen molar-refractivity contribution in [2.45, 2.75) is 39.8 Å². The number of hydrogen-bond donors (Lipinski definition) is 1. The van der Waals surface area contributed by atoms with Crippen LogP contribution >= 0.6 is 0 Å². The van der Waals surface area contributed by atoms with E-state index in [1.54, 1.807) is 24.3 Å². The molecule has 0 spiro atoms. The predicted molar refractivity (Wildman–Crippen MR) is 103 cm³/mol. The molecule has 5 heteroatoms. The van der Waals surface area contributed by atoms with Crippen LogP contribution in [0.4, 0.5) is 0 Å². The molecule has 2 atom stereocenters. The second-order valence-corrected chi connectivity index (χ2v) is 8.24. The molecule has 1 fully saturated rings. The number of rotatable bonds is 4. The first kappa shape index (κ1) is 18.5. The Balaban J connectivity index is 1.70. The van der Waals surface area contributed by atoms with Crippen LogP contribution in [-0.2, 0) is 6.54 Å². The minimum absolute atomic E-state index is 0.103. The van der Waals surface area contributed by atoms with Gasteiger partial charge in [0.1, 0.15) is 5.69 Å². The van der Waals surface area contributed by atoms with E-state index in [4.69, 9.17) is 0 Å². The number of nitrogens with one attached hydrogen (secondary N) is 1. The molecule has 2 aromatic rings. The topological polar surface area (TPSA) is 58.1 Å². The van der Waals surface area contributed by atoms with Gasteiger partial charge in [0.15, 0.2) is 0 Å². The van der Waals surface area contributed by atoms with Crippen LogP contribution in [0, 0.1) is 11.3 Å². The van der Waals surface area contributed by atoms with Crippen LogP contribution in [0.15, 0.2) is 42.7 Å². The average molecular weight is 352 g/mol. The highest BCUT2D eigenvalue weighted by molar-refractivity contribution is 5.91. The zero-order valence-electron chi connectivity index (χ0n) is 16.1. The number of carbonyl (C=O) groups is 1. The largest absolute Gasteiger partial charge is 0.336 e. The Morgan fingerprint density at radius 2 is 1.96 bits per heavy atom. The van der Waals surface area contributed by atoms with Gasteiger partial charge in [-0.2, -0.15) is 0 Å². The van der Waals surface area contributed by atoms with E-state index in [0.29, 0.717) is 18.2 Å². The molecule has 5 nitrogen and oxygen atoms in total. The predicted octanol–water partition coefficient (Wildman–Crippen LogP) is 3.45. The maximum Gasteiger partial charge on any atom is 0.274 e. The van der Waals surface area contributed by atoms with E-state index >= 15 is 0 Å². The average Bonchev–Trinajstić information content (AvgIpc) is 3.12. The molecule has 0 radical (unpaired) electrons. The Bertz CT molecular complexity index is 754. The highest BCUT2D eigenvalue weighted by Gasteiger charge is 2.34. The zero-order chi connectivity index (χ0) is 18.7. The fraction of sp³-hybridized carbons (Fsp3) is 0.476. The minimum atomic E-state index is -0.103. The number of hydrogen-bond acceptors (Lipinski definition) is 4. The Morgan fingerprint density at radius 1 is 1.23 bits per heavy atom. The van der Waals surface area contributed by atoms with E-state index < -0.39 is 0 Å². The molecule has 1 aromatic heterocycles. The van der Waals surface area contributed by atoms with Gasteiger partial charge in [-0.15, -0.1) is 0 Å². The highest BCUT2D eigenvalue weighted by Crippen LogP contribution is 2.37. The molecule has 1 amide bonds. The molecule has 138 valence electrons. The van der Waals surface area contributed by atoms with Crippen molar-refractivity contribution >= 4 is 5.91 Å². The minimum Gasteiger partial charge on any atom is -0.336 e. The molecular weight excluding hydrogens is 324 g/mol. The van der Waals surface area contributed by atoms with Gasteiger partial charge in [-0.25, -0.2) is 4.98 Å². The van der Waals surface area contributed by atoms with Crippen LogP contribution in [0.25, 0.3) is 0 Å². The SMILES string of the molecule is CN(Cc1ccccc1)C(=O)c1cncc(C2C[C@H](C(C)(C)C)CN2)n1. The summed E-state index contributed by atoms with van der Waals surface area (Å²) in [5.74, 6) is 0.489. The van der Waals surface area contributed by atoms with Gasteiger partial charge < -0.3 is 10.2 Å². The molecular formula is C21H28N4O. The molecule has 1 saturated heterocycles. The van der Waals surface area contributed by atoms with Crippen LogP contribution in [0.2, 0.25) is 0 Å². The second-order valence-electron chi connectivity index (χ2n) is 8.24. The molecule has 1 aromatic carbocycles. The first-order valence-corrected chi connectivity index (χ1v) is 9.19. The van der Waals surface area contributed by atoms with Crippen molar-refractivity contribution in [1.29, 1.82) is 0 Å². The lowest BCUT2D eigenvalue weighted by molar-refractivity contribution is 0.0778. The summed E-state index contributed by atoms with van der Waals surface area (Å²) in [5, 5.41) is 3.54. The van der Waals surface area contributed by atoms with E-state index in [-0.39, 0.29) is 17.4 Å².